The molecule has 0 fully saturated rings. The predicted molar refractivity (Wildman–Crippen MR) is 57.7 cm³/mol. The molecule has 1 rings (SSSR count). The molecular weight excluding hydrogens is 242 g/mol. The van der Waals surface area contributed by atoms with Gasteiger partial charge in [0, 0.05) is 16.5 Å². The monoisotopic (exact) mass is 252 g/mol. The van der Waals surface area contributed by atoms with Gasteiger partial charge in [-0.1, -0.05) is 11.6 Å². The van der Waals surface area contributed by atoms with E-state index < -0.39 is 18.0 Å². The van der Waals surface area contributed by atoms with E-state index in [1.54, 1.807) is 0 Å². The Hall–Kier alpha value is -0.350. The maximum absolute atomic E-state index is 12.9. The van der Waals surface area contributed by atoms with Crippen LogP contribution in [0.3, 0.4) is 0 Å². The number of rotatable bonds is 4. The highest BCUT2D eigenvalue weighted by molar-refractivity contribution is 6.31. The number of alkyl halides is 1. The summed E-state index contributed by atoms with van der Waals surface area (Å²) in [5.41, 5.74) is 0.175. The van der Waals surface area contributed by atoms with Crippen LogP contribution in [-0.4, -0.2) is 22.2 Å². The fourth-order valence-electron chi connectivity index (χ4n) is 1.22. The Morgan fingerprint density at radius 2 is 2.00 bits per heavy atom. The first-order valence-corrected chi connectivity index (χ1v) is 5.34. The second-order valence-electron chi connectivity index (χ2n) is 3.16. The zero-order valence-corrected chi connectivity index (χ0v) is 9.34. The Morgan fingerprint density at radius 3 is 2.60 bits per heavy atom. The standard InChI is InChI=1S/C10H11Cl2FO2/c11-4-3-9(14)10(15)7-5-6(13)1-2-8(7)12/h1-2,5,9-10,14-15H,3-4H2. The summed E-state index contributed by atoms with van der Waals surface area (Å²) in [7, 11) is 0. The van der Waals surface area contributed by atoms with Crippen molar-refractivity contribution < 1.29 is 14.6 Å². The van der Waals surface area contributed by atoms with Gasteiger partial charge >= 0.3 is 0 Å². The Labute approximate surface area is 97.3 Å². The number of aliphatic hydroxyl groups excluding tert-OH is 2. The Bertz CT molecular complexity index is 333. The first-order chi connectivity index (χ1) is 7.06. The summed E-state index contributed by atoms with van der Waals surface area (Å²) in [6, 6.07) is 3.62. The molecule has 0 radical (unpaired) electrons. The Balaban J connectivity index is 2.89. The van der Waals surface area contributed by atoms with Crippen LogP contribution in [0.1, 0.15) is 18.1 Å². The van der Waals surface area contributed by atoms with Gasteiger partial charge in [-0.2, -0.15) is 0 Å². The van der Waals surface area contributed by atoms with Crippen molar-refractivity contribution in [3.63, 3.8) is 0 Å². The van der Waals surface area contributed by atoms with Crippen molar-refractivity contribution in [2.24, 2.45) is 0 Å². The van der Waals surface area contributed by atoms with Crippen LogP contribution < -0.4 is 0 Å². The molecule has 0 heterocycles. The van der Waals surface area contributed by atoms with E-state index in [0.717, 1.165) is 6.07 Å². The lowest BCUT2D eigenvalue weighted by atomic mass is 10.0. The number of halogens is 3. The topological polar surface area (TPSA) is 40.5 Å². The van der Waals surface area contributed by atoms with Crippen molar-refractivity contribution in [1.82, 2.24) is 0 Å². The minimum atomic E-state index is -1.22. The zero-order valence-electron chi connectivity index (χ0n) is 7.83. The quantitative estimate of drug-likeness (QED) is 0.809. The molecule has 2 atom stereocenters. The highest BCUT2D eigenvalue weighted by atomic mass is 35.5. The van der Waals surface area contributed by atoms with E-state index >= 15 is 0 Å². The lowest BCUT2D eigenvalue weighted by molar-refractivity contribution is 0.0169. The van der Waals surface area contributed by atoms with E-state index in [0.29, 0.717) is 0 Å². The van der Waals surface area contributed by atoms with Crippen molar-refractivity contribution in [2.75, 3.05) is 5.88 Å². The molecule has 2 nitrogen and oxygen atoms in total. The molecule has 0 aliphatic carbocycles. The van der Waals surface area contributed by atoms with Gasteiger partial charge < -0.3 is 10.2 Å². The maximum Gasteiger partial charge on any atom is 0.123 e. The van der Waals surface area contributed by atoms with Gasteiger partial charge in [0.1, 0.15) is 11.9 Å². The van der Waals surface area contributed by atoms with Gasteiger partial charge in [-0.3, -0.25) is 0 Å². The number of benzene rings is 1. The van der Waals surface area contributed by atoms with Crippen LogP contribution in [0.2, 0.25) is 5.02 Å². The first-order valence-electron chi connectivity index (χ1n) is 4.43. The maximum atomic E-state index is 12.9. The van der Waals surface area contributed by atoms with E-state index in [2.05, 4.69) is 0 Å². The second kappa shape index (κ2) is 5.66. The van der Waals surface area contributed by atoms with Crippen LogP contribution in [0, 0.1) is 5.82 Å². The SMILES string of the molecule is OC(CCCl)C(O)c1cc(F)ccc1Cl. The van der Waals surface area contributed by atoms with Crippen molar-refractivity contribution in [2.45, 2.75) is 18.6 Å². The smallest absolute Gasteiger partial charge is 0.123 e. The summed E-state index contributed by atoms with van der Waals surface area (Å²) in [4.78, 5) is 0. The predicted octanol–water partition coefficient (Wildman–Crippen LogP) is 2.50. The number of aliphatic hydroxyl groups is 2. The van der Waals surface area contributed by atoms with Crippen LogP contribution in [0.15, 0.2) is 18.2 Å². The average Bonchev–Trinajstić information content (AvgIpc) is 2.21. The molecule has 2 N–H and O–H groups in total. The van der Waals surface area contributed by atoms with Crippen molar-refractivity contribution in [3.8, 4) is 0 Å². The molecule has 15 heavy (non-hydrogen) atoms. The molecule has 0 saturated carbocycles. The lowest BCUT2D eigenvalue weighted by Crippen LogP contribution is -2.19. The number of hydrogen-bond donors (Lipinski definition) is 2. The molecule has 0 amide bonds. The van der Waals surface area contributed by atoms with Gasteiger partial charge in [-0.05, 0) is 24.6 Å². The van der Waals surface area contributed by atoms with Crippen LogP contribution in [-0.2, 0) is 0 Å². The summed E-state index contributed by atoms with van der Waals surface area (Å²) in [5.74, 6) is -0.294. The van der Waals surface area contributed by atoms with Crippen LogP contribution in [0.5, 0.6) is 0 Å². The third-order valence-electron chi connectivity index (χ3n) is 2.05. The molecule has 5 heteroatoms. The highest BCUT2D eigenvalue weighted by Crippen LogP contribution is 2.27. The molecule has 84 valence electrons. The van der Waals surface area contributed by atoms with Gasteiger partial charge in [-0.15, -0.1) is 11.6 Å². The van der Waals surface area contributed by atoms with E-state index in [9.17, 15) is 14.6 Å². The highest BCUT2D eigenvalue weighted by Gasteiger charge is 2.20. The van der Waals surface area contributed by atoms with Gasteiger partial charge in [0.25, 0.3) is 0 Å². The van der Waals surface area contributed by atoms with E-state index in [1.807, 2.05) is 0 Å². The molecule has 0 aliphatic rings. The molecule has 2 unspecified atom stereocenters. The van der Waals surface area contributed by atoms with Gasteiger partial charge in [0.05, 0.1) is 6.10 Å². The molecule has 1 aromatic rings. The van der Waals surface area contributed by atoms with E-state index in [1.165, 1.54) is 12.1 Å². The molecule has 0 aromatic heterocycles. The zero-order chi connectivity index (χ0) is 11.4. The van der Waals surface area contributed by atoms with Crippen LogP contribution in [0.4, 0.5) is 4.39 Å². The van der Waals surface area contributed by atoms with Gasteiger partial charge in [0.15, 0.2) is 0 Å². The third kappa shape index (κ3) is 3.31. The third-order valence-corrected chi connectivity index (χ3v) is 2.61. The summed E-state index contributed by atoms with van der Waals surface area (Å²) >= 11 is 11.2. The van der Waals surface area contributed by atoms with Crippen molar-refractivity contribution >= 4 is 23.2 Å². The minimum Gasteiger partial charge on any atom is -0.390 e. The Morgan fingerprint density at radius 1 is 1.33 bits per heavy atom. The fourth-order valence-corrected chi connectivity index (χ4v) is 1.67. The van der Waals surface area contributed by atoms with Crippen LogP contribution in [0.25, 0.3) is 0 Å². The summed E-state index contributed by atoms with van der Waals surface area (Å²) in [6.45, 7) is 0. The molecule has 0 spiro atoms. The normalized spacial score (nSPS) is 15.0. The largest absolute Gasteiger partial charge is 0.390 e. The molecular formula is C10H11Cl2FO2. The average molecular weight is 253 g/mol. The minimum absolute atomic E-state index is 0.175. The number of hydrogen-bond acceptors (Lipinski definition) is 2. The summed E-state index contributed by atoms with van der Waals surface area (Å²) < 4.78 is 12.9. The van der Waals surface area contributed by atoms with Crippen LogP contribution >= 0.6 is 23.2 Å². The molecule has 0 aliphatic heterocycles. The second-order valence-corrected chi connectivity index (χ2v) is 3.94. The van der Waals surface area contributed by atoms with Gasteiger partial charge in [-0.25, -0.2) is 4.39 Å². The van der Waals surface area contributed by atoms with Crippen molar-refractivity contribution in [3.05, 3.63) is 34.6 Å². The first kappa shape index (κ1) is 12.7. The molecule has 0 bridgehead atoms. The summed E-state index contributed by atoms with van der Waals surface area (Å²) in [5, 5.41) is 19.4. The van der Waals surface area contributed by atoms with Gasteiger partial charge in [0.2, 0.25) is 0 Å². The molecule has 0 saturated heterocycles. The van der Waals surface area contributed by atoms with E-state index in [4.69, 9.17) is 23.2 Å². The summed E-state index contributed by atoms with van der Waals surface area (Å²) in [6.07, 6.45) is -2.04. The fraction of sp³-hybridized carbons (Fsp3) is 0.400. The molecule has 1 aromatic carbocycles. The van der Waals surface area contributed by atoms with E-state index in [-0.39, 0.29) is 22.9 Å². The Kier molecular flexibility index (Phi) is 4.80. The lowest BCUT2D eigenvalue weighted by Gasteiger charge is -2.18. The van der Waals surface area contributed by atoms with Crippen molar-refractivity contribution in [1.29, 1.82) is 0 Å².